The van der Waals surface area contributed by atoms with E-state index in [2.05, 4.69) is 81.2 Å². The molecule has 2 aliphatic rings. The van der Waals surface area contributed by atoms with Crippen LogP contribution < -0.4 is 4.74 Å². The minimum absolute atomic E-state index is 0.196. The molecule has 3 aromatic carbocycles. The molecule has 0 unspecified atom stereocenters. The summed E-state index contributed by atoms with van der Waals surface area (Å²) in [6, 6.07) is 21.0. The van der Waals surface area contributed by atoms with Crippen molar-refractivity contribution in [2.75, 3.05) is 7.11 Å². The molecule has 2 aliphatic carbocycles. The summed E-state index contributed by atoms with van der Waals surface area (Å²) in [5.41, 5.74) is 2.63. The first-order chi connectivity index (χ1) is 13.3. The van der Waals surface area contributed by atoms with Crippen molar-refractivity contribution < 1.29 is 9.84 Å². The summed E-state index contributed by atoms with van der Waals surface area (Å²) in [5.74, 6) is 1.20. The second-order valence-electron chi connectivity index (χ2n) is 9.77. The Hall–Kier alpha value is -2.10. The number of hydrogen-bond acceptors (Lipinski definition) is 2. The van der Waals surface area contributed by atoms with Gasteiger partial charge in [0.05, 0.1) is 7.11 Å². The summed E-state index contributed by atoms with van der Waals surface area (Å²) in [6.45, 7) is 9.61. The summed E-state index contributed by atoms with van der Waals surface area (Å²) in [7, 11) is 0.231. The monoisotopic (exact) mass is 388 g/mol. The van der Waals surface area contributed by atoms with Gasteiger partial charge >= 0.3 is 0 Å². The van der Waals surface area contributed by atoms with Crippen molar-refractivity contribution in [1.82, 2.24) is 0 Å². The number of aliphatic hydroxyl groups is 1. The van der Waals surface area contributed by atoms with Crippen LogP contribution in [0.1, 0.15) is 29.5 Å². The van der Waals surface area contributed by atoms with Crippen molar-refractivity contribution >= 4 is 18.8 Å². The van der Waals surface area contributed by atoms with E-state index in [4.69, 9.17) is 4.74 Å². The molecule has 1 saturated carbocycles. The van der Waals surface area contributed by atoms with Crippen LogP contribution in [0.25, 0.3) is 10.8 Å². The van der Waals surface area contributed by atoms with E-state index in [-0.39, 0.29) is 5.41 Å². The van der Waals surface area contributed by atoms with Crippen molar-refractivity contribution in [2.45, 2.75) is 43.6 Å². The summed E-state index contributed by atoms with van der Waals surface area (Å²) in [4.78, 5) is 0. The van der Waals surface area contributed by atoms with Crippen LogP contribution in [0.4, 0.5) is 0 Å². The zero-order valence-electron chi connectivity index (χ0n) is 17.3. The van der Waals surface area contributed by atoms with Crippen molar-refractivity contribution in [1.29, 1.82) is 0 Å². The van der Waals surface area contributed by atoms with Crippen LogP contribution in [0.2, 0.25) is 25.2 Å². The van der Waals surface area contributed by atoms with Gasteiger partial charge in [-0.25, -0.2) is 0 Å². The highest BCUT2D eigenvalue weighted by molar-refractivity contribution is 6.79. The predicted octanol–water partition coefficient (Wildman–Crippen LogP) is 5.91. The van der Waals surface area contributed by atoms with Gasteiger partial charge in [0.15, 0.2) is 0 Å². The molecule has 3 aromatic rings. The number of ether oxygens (including phenoxy) is 1. The van der Waals surface area contributed by atoms with Gasteiger partial charge in [0.25, 0.3) is 0 Å². The first kappa shape index (κ1) is 18.0. The number of benzene rings is 3. The molecule has 1 fully saturated rings. The Morgan fingerprint density at radius 1 is 0.929 bits per heavy atom. The van der Waals surface area contributed by atoms with Crippen LogP contribution in [0, 0.1) is 5.41 Å². The highest BCUT2D eigenvalue weighted by atomic mass is 28.3. The Morgan fingerprint density at radius 3 is 2.32 bits per heavy atom. The molecule has 0 radical (unpaired) electrons. The van der Waals surface area contributed by atoms with E-state index in [1.807, 2.05) is 6.07 Å². The maximum absolute atomic E-state index is 12.7. The summed E-state index contributed by atoms with van der Waals surface area (Å²) < 4.78 is 5.83. The molecule has 0 saturated heterocycles. The molecule has 144 valence electrons. The third-order valence-corrected chi connectivity index (χ3v) is 10.2. The largest absolute Gasteiger partial charge is 0.496 e. The molecule has 0 spiro atoms. The van der Waals surface area contributed by atoms with Gasteiger partial charge in [-0.2, -0.15) is 0 Å². The molecular weight excluding hydrogens is 360 g/mol. The molecule has 4 atom stereocenters. The molecule has 0 aromatic heterocycles. The molecule has 28 heavy (non-hydrogen) atoms. The topological polar surface area (TPSA) is 29.5 Å². The Bertz CT molecular complexity index is 1100. The van der Waals surface area contributed by atoms with Crippen molar-refractivity contribution in [3.05, 3.63) is 77.4 Å². The Kier molecular flexibility index (Phi) is 3.52. The molecule has 2 nitrogen and oxygen atoms in total. The van der Waals surface area contributed by atoms with Gasteiger partial charge in [0.2, 0.25) is 0 Å². The highest BCUT2D eigenvalue weighted by Crippen LogP contribution is 2.85. The summed E-state index contributed by atoms with van der Waals surface area (Å²) >= 11 is 0. The SMILES string of the molecule is COc1ccc2ccccc2c1[C@@]1(O)c2ccccc2[C@@H]2[C@@H]([Si](C)(C)C)[C@@]21C. The molecular formula is C25H28O2Si. The minimum atomic E-state index is -1.48. The second kappa shape index (κ2) is 5.49. The second-order valence-corrected chi connectivity index (χ2v) is 15.1. The quantitative estimate of drug-likeness (QED) is 0.565. The lowest BCUT2D eigenvalue weighted by atomic mass is 9.75. The van der Waals surface area contributed by atoms with E-state index in [0.29, 0.717) is 11.5 Å². The number of rotatable bonds is 3. The average molecular weight is 389 g/mol. The van der Waals surface area contributed by atoms with Crippen LogP contribution >= 0.6 is 0 Å². The first-order valence-electron chi connectivity index (χ1n) is 10.1. The fourth-order valence-electron chi connectivity index (χ4n) is 6.45. The molecule has 5 rings (SSSR count). The first-order valence-corrected chi connectivity index (χ1v) is 13.7. The van der Waals surface area contributed by atoms with Gasteiger partial charge in [-0.05, 0) is 39.4 Å². The average Bonchev–Trinajstić information content (AvgIpc) is 3.29. The van der Waals surface area contributed by atoms with Crippen LogP contribution in [-0.2, 0) is 5.60 Å². The van der Waals surface area contributed by atoms with E-state index in [1.165, 1.54) is 5.56 Å². The van der Waals surface area contributed by atoms with Crippen LogP contribution in [0.5, 0.6) is 5.75 Å². The maximum atomic E-state index is 12.7. The Balaban J connectivity index is 1.89. The van der Waals surface area contributed by atoms with E-state index >= 15 is 0 Å². The van der Waals surface area contributed by atoms with Gasteiger partial charge in [-0.15, -0.1) is 0 Å². The Morgan fingerprint density at radius 2 is 1.61 bits per heavy atom. The van der Waals surface area contributed by atoms with Crippen molar-refractivity contribution in [3.8, 4) is 5.75 Å². The minimum Gasteiger partial charge on any atom is -0.496 e. The smallest absolute Gasteiger partial charge is 0.125 e. The normalized spacial score (nSPS) is 30.8. The van der Waals surface area contributed by atoms with Crippen molar-refractivity contribution in [2.24, 2.45) is 5.41 Å². The predicted molar refractivity (Wildman–Crippen MR) is 118 cm³/mol. The van der Waals surface area contributed by atoms with E-state index < -0.39 is 13.7 Å². The van der Waals surface area contributed by atoms with Crippen LogP contribution in [0.3, 0.4) is 0 Å². The fraction of sp³-hybridized carbons (Fsp3) is 0.360. The molecule has 0 aliphatic heterocycles. The van der Waals surface area contributed by atoms with E-state index in [1.54, 1.807) is 7.11 Å². The number of hydrogen-bond donors (Lipinski definition) is 1. The zero-order valence-corrected chi connectivity index (χ0v) is 18.3. The zero-order chi connectivity index (χ0) is 19.9. The molecule has 3 heteroatoms. The van der Waals surface area contributed by atoms with E-state index in [9.17, 15) is 5.11 Å². The highest BCUT2D eigenvalue weighted by Gasteiger charge is 2.79. The maximum Gasteiger partial charge on any atom is 0.125 e. The fourth-order valence-corrected chi connectivity index (χ4v) is 10.1. The lowest BCUT2D eigenvalue weighted by molar-refractivity contribution is 0.0156. The van der Waals surface area contributed by atoms with Gasteiger partial charge < -0.3 is 9.84 Å². The lowest BCUT2D eigenvalue weighted by Crippen LogP contribution is -2.39. The molecule has 1 N–H and O–H groups in total. The van der Waals surface area contributed by atoms with Crippen molar-refractivity contribution in [3.63, 3.8) is 0 Å². The third-order valence-electron chi connectivity index (χ3n) is 7.39. The lowest BCUT2D eigenvalue weighted by Gasteiger charge is -2.38. The van der Waals surface area contributed by atoms with Gasteiger partial charge in [-0.1, -0.05) is 81.2 Å². The third kappa shape index (κ3) is 1.96. The van der Waals surface area contributed by atoms with Gasteiger partial charge in [0.1, 0.15) is 11.4 Å². The molecule has 0 heterocycles. The molecule has 0 bridgehead atoms. The molecule has 0 amide bonds. The van der Waals surface area contributed by atoms with Gasteiger partial charge in [-0.3, -0.25) is 0 Å². The standard InChI is InChI=1S/C25H28O2Si/c1-24-22(23(24)28(3,4)5)18-12-8-9-13-19(18)25(24,26)21-17-11-7-6-10-16(17)14-15-20(21)27-2/h6-15,22-23,26H,1-5H3/t22-,23-,24-,25+/m1/s1. The van der Waals surface area contributed by atoms with Gasteiger partial charge in [0, 0.05) is 19.1 Å². The number of methoxy groups -OCH3 is 1. The van der Waals surface area contributed by atoms with Crippen LogP contribution in [-0.4, -0.2) is 20.3 Å². The summed E-state index contributed by atoms with van der Waals surface area (Å²) in [6.07, 6.45) is 0. The summed E-state index contributed by atoms with van der Waals surface area (Å²) in [5, 5.41) is 14.9. The van der Waals surface area contributed by atoms with E-state index in [0.717, 1.165) is 27.6 Å². The Labute approximate surface area is 168 Å². The van der Waals surface area contributed by atoms with Crippen LogP contribution in [0.15, 0.2) is 60.7 Å². The number of fused-ring (bicyclic) bond motifs is 4.